The Morgan fingerprint density at radius 2 is 1.96 bits per heavy atom. The summed E-state index contributed by atoms with van der Waals surface area (Å²) in [6.45, 7) is 3.63. The summed E-state index contributed by atoms with van der Waals surface area (Å²) in [5, 5.41) is 5.68. The van der Waals surface area contributed by atoms with Crippen molar-refractivity contribution >= 4 is 17.5 Å². The summed E-state index contributed by atoms with van der Waals surface area (Å²) in [4.78, 5) is 38.2. The molecule has 124 valence electrons. The lowest BCUT2D eigenvalue weighted by molar-refractivity contribution is -0.116. The number of hydrogen-bond acceptors (Lipinski definition) is 3. The molecule has 2 amide bonds. The second kappa shape index (κ2) is 6.31. The maximum absolute atomic E-state index is 12.3. The Hall–Kier alpha value is -2.89. The number of nitrogens with one attached hydrogen (secondary N) is 3. The molecule has 3 N–H and O–H groups in total. The molecule has 6 heteroatoms. The number of hydrogen-bond donors (Lipinski definition) is 3. The molecular weight excluding hydrogens is 306 g/mol. The Bertz CT molecular complexity index is 870. The highest BCUT2D eigenvalue weighted by atomic mass is 16.2. The fraction of sp³-hybridized carbons (Fsp3) is 0.278. The highest BCUT2D eigenvalue weighted by molar-refractivity contribution is 5.94. The SMILES string of the molecule is Cc1ccc(C(=O)N[C@@H](C)c2ccc3c(c2)CCC(=O)N3)c(=O)[nH]1. The van der Waals surface area contributed by atoms with Crippen LogP contribution in [0.15, 0.2) is 35.1 Å². The summed E-state index contributed by atoms with van der Waals surface area (Å²) in [6, 6.07) is 8.68. The van der Waals surface area contributed by atoms with E-state index >= 15 is 0 Å². The quantitative estimate of drug-likeness (QED) is 0.806. The van der Waals surface area contributed by atoms with Gasteiger partial charge in [-0.3, -0.25) is 14.4 Å². The van der Waals surface area contributed by atoms with E-state index in [0.717, 1.165) is 16.8 Å². The molecule has 1 aliphatic rings. The molecule has 1 aromatic carbocycles. The molecule has 24 heavy (non-hydrogen) atoms. The fourth-order valence-corrected chi connectivity index (χ4v) is 2.78. The van der Waals surface area contributed by atoms with Crippen molar-refractivity contribution in [3.8, 4) is 0 Å². The van der Waals surface area contributed by atoms with Crippen molar-refractivity contribution in [3.63, 3.8) is 0 Å². The topological polar surface area (TPSA) is 91.1 Å². The Labute approximate surface area is 139 Å². The number of amides is 2. The second-order valence-corrected chi connectivity index (χ2v) is 6.04. The Morgan fingerprint density at radius 3 is 2.71 bits per heavy atom. The van der Waals surface area contributed by atoms with Crippen molar-refractivity contribution in [3.05, 3.63) is 63.1 Å². The van der Waals surface area contributed by atoms with Crippen LogP contribution in [-0.4, -0.2) is 16.8 Å². The minimum Gasteiger partial charge on any atom is -0.345 e. The normalized spacial score (nSPS) is 14.5. The molecule has 1 aliphatic heterocycles. The summed E-state index contributed by atoms with van der Waals surface area (Å²) in [7, 11) is 0. The van der Waals surface area contributed by atoms with E-state index in [-0.39, 0.29) is 17.5 Å². The Balaban J connectivity index is 1.77. The van der Waals surface area contributed by atoms with E-state index in [2.05, 4.69) is 15.6 Å². The Kier molecular flexibility index (Phi) is 4.20. The van der Waals surface area contributed by atoms with Crippen LogP contribution in [0.1, 0.15) is 46.6 Å². The maximum Gasteiger partial charge on any atom is 0.260 e. The number of aromatic amines is 1. The third kappa shape index (κ3) is 3.22. The van der Waals surface area contributed by atoms with Crippen LogP contribution >= 0.6 is 0 Å². The van der Waals surface area contributed by atoms with Crippen LogP contribution in [0.3, 0.4) is 0 Å². The van der Waals surface area contributed by atoms with Gasteiger partial charge in [-0.2, -0.15) is 0 Å². The predicted octanol–water partition coefficient (Wildman–Crippen LogP) is 2.06. The van der Waals surface area contributed by atoms with E-state index in [4.69, 9.17) is 0 Å². The van der Waals surface area contributed by atoms with Crippen LogP contribution in [0.2, 0.25) is 0 Å². The van der Waals surface area contributed by atoms with Crippen LogP contribution in [0.4, 0.5) is 5.69 Å². The molecule has 6 nitrogen and oxygen atoms in total. The maximum atomic E-state index is 12.3. The standard InChI is InChI=1S/C18H19N3O3/c1-10-3-6-14(17(23)19-10)18(24)20-11(2)12-4-7-15-13(9-12)5-8-16(22)21-15/h3-4,6-7,9,11H,5,8H2,1-2H3,(H,19,23)(H,20,24)(H,21,22)/t11-/m0/s1. The molecule has 2 heterocycles. The van der Waals surface area contributed by atoms with Gasteiger partial charge < -0.3 is 15.6 Å². The number of pyridine rings is 1. The van der Waals surface area contributed by atoms with Gasteiger partial charge in [-0.05, 0) is 49.6 Å². The number of aromatic nitrogens is 1. The number of rotatable bonds is 3. The molecule has 0 bridgehead atoms. The van der Waals surface area contributed by atoms with Crippen molar-refractivity contribution < 1.29 is 9.59 Å². The van der Waals surface area contributed by atoms with E-state index in [9.17, 15) is 14.4 Å². The highest BCUT2D eigenvalue weighted by Gasteiger charge is 2.18. The van der Waals surface area contributed by atoms with Crippen LogP contribution < -0.4 is 16.2 Å². The lowest BCUT2D eigenvalue weighted by Gasteiger charge is -2.20. The number of carbonyl (C=O) groups excluding carboxylic acids is 2. The van der Waals surface area contributed by atoms with Crippen LogP contribution in [0.5, 0.6) is 0 Å². The summed E-state index contributed by atoms with van der Waals surface area (Å²) in [5.41, 5.74) is 3.22. The smallest absolute Gasteiger partial charge is 0.260 e. The van der Waals surface area contributed by atoms with Gasteiger partial charge in [0.15, 0.2) is 0 Å². The number of H-pyrrole nitrogens is 1. The number of fused-ring (bicyclic) bond motifs is 1. The zero-order valence-corrected chi connectivity index (χ0v) is 13.6. The van der Waals surface area contributed by atoms with E-state index in [0.29, 0.717) is 18.5 Å². The van der Waals surface area contributed by atoms with Gasteiger partial charge >= 0.3 is 0 Å². The van der Waals surface area contributed by atoms with E-state index in [1.54, 1.807) is 13.0 Å². The van der Waals surface area contributed by atoms with Gasteiger partial charge in [0.2, 0.25) is 5.91 Å². The van der Waals surface area contributed by atoms with Gasteiger partial charge in [-0.25, -0.2) is 0 Å². The number of carbonyl (C=O) groups is 2. The molecule has 0 fully saturated rings. The summed E-state index contributed by atoms with van der Waals surface area (Å²) in [6.07, 6.45) is 1.16. The molecule has 1 atom stereocenters. The molecule has 0 aliphatic carbocycles. The van der Waals surface area contributed by atoms with Crippen molar-refractivity contribution in [1.29, 1.82) is 0 Å². The summed E-state index contributed by atoms with van der Waals surface area (Å²) < 4.78 is 0. The van der Waals surface area contributed by atoms with Crippen molar-refractivity contribution in [2.45, 2.75) is 32.7 Å². The average Bonchev–Trinajstić information content (AvgIpc) is 2.54. The molecule has 3 rings (SSSR count). The van der Waals surface area contributed by atoms with E-state index in [1.807, 2.05) is 25.1 Å². The van der Waals surface area contributed by atoms with Crippen LogP contribution in [-0.2, 0) is 11.2 Å². The van der Waals surface area contributed by atoms with Gasteiger partial charge in [0.05, 0.1) is 6.04 Å². The first-order valence-corrected chi connectivity index (χ1v) is 7.87. The Morgan fingerprint density at radius 1 is 1.17 bits per heavy atom. The molecule has 0 radical (unpaired) electrons. The fourth-order valence-electron chi connectivity index (χ4n) is 2.78. The van der Waals surface area contributed by atoms with Gasteiger partial charge in [-0.15, -0.1) is 0 Å². The third-order valence-electron chi connectivity index (χ3n) is 4.17. The summed E-state index contributed by atoms with van der Waals surface area (Å²) >= 11 is 0. The van der Waals surface area contributed by atoms with Crippen LogP contribution in [0.25, 0.3) is 0 Å². The molecule has 2 aromatic rings. The minimum absolute atomic E-state index is 0.0233. The molecule has 0 saturated carbocycles. The van der Waals surface area contributed by atoms with E-state index < -0.39 is 11.5 Å². The predicted molar refractivity (Wildman–Crippen MR) is 91.1 cm³/mol. The first-order valence-electron chi connectivity index (χ1n) is 7.87. The minimum atomic E-state index is -0.408. The molecule has 0 saturated heterocycles. The largest absolute Gasteiger partial charge is 0.345 e. The monoisotopic (exact) mass is 325 g/mol. The molecular formula is C18H19N3O3. The number of aryl methyl sites for hydroxylation is 2. The van der Waals surface area contributed by atoms with Gasteiger partial charge in [0, 0.05) is 17.8 Å². The highest BCUT2D eigenvalue weighted by Crippen LogP contribution is 2.26. The van der Waals surface area contributed by atoms with Crippen LogP contribution in [0, 0.1) is 6.92 Å². The first kappa shape index (κ1) is 16.0. The number of benzene rings is 1. The lowest BCUT2D eigenvalue weighted by Crippen LogP contribution is -2.31. The van der Waals surface area contributed by atoms with Crippen molar-refractivity contribution in [1.82, 2.24) is 10.3 Å². The van der Waals surface area contributed by atoms with Gasteiger partial charge in [0.1, 0.15) is 5.56 Å². The third-order valence-corrected chi connectivity index (χ3v) is 4.17. The van der Waals surface area contributed by atoms with Gasteiger partial charge in [-0.1, -0.05) is 12.1 Å². The van der Waals surface area contributed by atoms with Crippen molar-refractivity contribution in [2.75, 3.05) is 5.32 Å². The summed E-state index contributed by atoms with van der Waals surface area (Å²) in [5.74, 6) is -0.384. The second-order valence-electron chi connectivity index (χ2n) is 6.04. The molecule has 0 unspecified atom stereocenters. The molecule has 1 aromatic heterocycles. The van der Waals surface area contributed by atoms with Gasteiger partial charge in [0.25, 0.3) is 11.5 Å². The lowest BCUT2D eigenvalue weighted by atomic mass is 9.97. The van der Waals surface area contributed by atoms with E-state index in [1.165, 1.54) is 6.07 Å². The first-order chi connectivity index (χ1) is 11.4. The van der Waals surface area contributed by atoms with Crippen molar-refractivity contribution in [2.24, 2.45) is 0 Å². The zero-order valence-electron chi connectivity index (χ0n) is 13.6. The number of anilines is 1. The molecule has 0 spiro atoms. The zero-order chi connectivity index (χ0) is 17.3. The average molecular weight is 325 g/mol.